The van der Waals surface area contributed by atoms with Crippen molar-refractivity contribution >= 4 is 28.5 Å². The van der Waals surface area contributed by atoms with Gasteiger partial charge in [-0.1, -0.05) is 0 Å². The molecule has 0 aromatic carbocycles. The van der Waals surface area contributed by atoms with Crippen LogP contribution in [0, 0.1) is 6.92 Å². The van der Waals surface area contributed by atoms with Crippen LogP contribution in [0.25, 0.3) is 10.9 Å². The normalized spacial score (nSPS) is 19.2. The van der Waals surface area contributed by atoms with Crippen LogP contribution in [0.3, 0.4) is 0 Å². The second-order valence-corrected chi connectivity index (χ2v) is 8.52. The lowest BCUT2D eigenvalue weighted by Gasteiger charge is -2.27. The molecule has 0 radical (unpaired) electrons. The number of pyridine rings is 1. The molecule has 2 aliphatic rings. The Morgan fingerprint density at radius 2 is 2.25 bits per heavy atom. The molecular formula is C20H22N6OS. The van der Waals surface area contributed by atoms with Crippen LogP contribution in [0.2, 0.25) is 0 Å². The molecule has 3 aromatic heterocycles. The molecule has 0 bridgehead atoms. The van der Waals surface area contributed by atoms with E-state index in [1.165, 1.54) is 0 Å². The predicted octanol–water partition coefficient (Wildman–Crippen LogP) is 2.35. The second kappa shape index (κ2) is 7.16. The van der Waals surface area contributed by atoms with Crippen molar-refractivity contribution in [2.45, 2.75) is 44.5 Å². The monoisotopic (exact) mass is 394 g/mol. The van der Waals surface area contributed by atoms with Gasteiger partial charge in [0.25, 0.3) is 5.56 Å². The fraction of sp³-hybridized carbons (Fsp3) is 0.450. The highest BCUT2D eigenvalue weighted by molar-refractivity contribution is 7.98. The largest absolute Gasteiger partial charge is 0.351 e. The molecular weight excluding hydrogens is 372 g/mol. The van der Waals surface area contributed by atoms with Crippen LogP contribution in [-0.2, 0) is 18.7 Å². The average molecular weight is 395 g/mol. The van der Waals surface area contributed by atoms with Crippen LogP contribution < -0.4 is 10.5 Å². The Morgan fingerprint density at radius 3 is 3.18 bits per heavy atom. The number of fused-ring (bicyclic) bond motifs is 2. The zero-order chi connectivity index (χ0) is 19.1. The summed E-state index contributed by atoms with van der Waals surface area (Å²) in [4.78, 5) is 28.4. The first-order valence-corrected chi connectivity index (χ1v) is 10.9. The Hall–Kier alpha value is -2.48. The topological polar surface area (TPSA) is 76.8 Å². The molecule has 2 aliphatic heterocycles. The van der Waals surface area contributed by atoms with Crippen molar-refractivity contribution in [1.29, 1.82) is 0 Å². The predicted molar refractivity (Wildman–Crippen MR) is 111 cm³/mol. The highest BCUT2D eigenvalue weighted by Crippen LogP contribution is 2.30. The zero-order valence-corrected chi connectivity index (χ0v) is 16.7. The fourth-order valence-corrected chi connectivity index (χ4v) is 5.14. The van der Waals surface area contributed by atoms with Gasteiger partial charge >= 0.3 is 0 Å². The molecule has 8 heteroatoms. The molecule has 0 N–H and O–H groups in total. The number of nitrogens with zero attached hydrogens (tertiary/aromatic N) is 6. The summed E-state index contributed by atoms with van der Waals surface area (Å²) >= 11 is 1.87. The van der Waals surface area contributed by atoms with E-state index in [9.17, 15) is 4.79 Å². The summed E-state index contributed by atoms with van der Waals surface area (Å²) in [5.41, 5.74) is 3.04. The van der Waals surface area contributed by atoms with Crippen LogP contribution in [0.1, 0.15) is 29.9 Å². The maximum absolute atomic E-state index is 12.6. The third kappa shape index (κ3) is 3.15. The second-order valence-electron chi connectivity index (χ2n) is 7.42. The Balaban J connectivity index is 1.50. The third-order valence-electron chi connectivity index (χ3n) is 5.53. The molecule has 1 atom stereocenters. The Kier molecular flexibility index (Phi) is 4.50. The van der Waals surface area contributed by atoms with E-state index in [2.05, 4.69) is 14.9 Å². The van der Waals surface area contributed by atoms with E-state index < -0.39 is 0 Å². The summed E-state index contributed by atoms with van der Waals surface area (Å²) in [6.45, 7) is 3.43. The van der Waals surface area contributed by atoms with Gasteiger partial charge in [-0.05, 0) is 37.1 Å². The van der Waals surface area contributed by atoms with Crippen molar-refractivity contribution in [3.8, 4) is 0 Å². The van der Waals surface area contributed by atoms with E-state index in [0.717, 1.165) is 71.1 Å². The number of anilines is 1. The van der Waals surface area contributed by atoms with E-state index in [0.29, 0.717) is 6.54 Å². The van der Waals surface area contributed by atoms with Gasteiger partial charge in [0.15, 0.2) is 0 Å². The molecule has 144 valence electrons. The molecule has 0 spiro atoms. The molecule has 1 unspecified atom stereocenters. The standard InChI is InChI=1S/C20H22N6OS/c1-13-22-18-10-21-6-4-16(18)20(23-13)25-7-2-3-15(25)11-26-19(27)9-14-12-28-8-5-17(14)24-26/h4,6,9-10,15H,2-3,5,7-8,11-12H2,1H3. The Bertz CT molecular complexity index is 1100. The number of hydrogen-bond acceptors (Lipinski definition) is 7. The van der Waals surface area contributed by atoms with Crippen molar-refractivity contribution in [3.63, 3.8) is 0 Å². The number of rotatable bonds is 3. The molecule has 7 nitrogen and oxygen atoms in total. The SMILES string of the molecule is Cc1nc(N2CCCC2Cn2nc3c(cc2=O)CSCC3)c2ccncc2n1. The minimum absolute atomic E-state index is 0.000950. The molecule has 0 amide bonds. The van der Waals surface area contributed by atoms with Gasteiger partial charge in [0, 0.05) is 36.4 Å². The van der Waals surface area contributed by atoms with Crippen molar-refractivity contribution < 1.29 is 0 Å². The average Bonchev–Trinajstić information content (AvgIpc) is 3.16. The van der Waals surface area contributed by atoms with Crippen molar-refractivity contribution in [2.75, 3.05) is 17.2 Å². The number of thioether (sulfide) groups is 1. The van der Waals surface area contributed by atoms with E-state index in [-0.39, 0.29) is 11.6 Å². The molecule has 3 aromatic rings. The molecule has 1 fully saturated rings. The van der Waals surface area contributed by atoms with Gasteiger partial charge in [-0.3, -0.25) is 9.78 Å². The van der Waals surface area contributed by atoms with Gasteiger partial charge in [-0.25, -0.2) is 14.6 Å². The summed E-state index contributed by atoms with van der Waals surface area (Å²) in [6.07, 6.45) is 6.61. The van der Waals surface area contributed by atoms with Crippen LogP contribution in [0.4, 0.5) is 5.82 Å². The molecule has 5 rings (SSSR count). The first kappa shape index (κ1) is 17.6. The Labute approximate surface area is 167 Å². The van der Waals surface area contributed by atoms with Crippen molar-refractivity contribution in [2.24, 2.45) is 0 Å². The third-order valence-corrected chi connectivity index (χ3v) is 6.54. The molecule has 0 saturated carbocycles. The van der Waals surface area contributed by atoms with Crippen LogP contribution in [-0.4, -0.2) is 43.1 Å². The maximum Gasteiger partial charge on any atom is 0.267 e. The summed E-state index contributed by atoms with van der Waals surface area (Å²) in [5, 5.41) is 5.72. The molecule has 0 aliphatic carbocycles. The minimum Gasteiger partial charge on any atom is -0.351 e. The van der Waals surface area contributed by atoms with Gasteiger partial charge in [0.05, 0.1) is 30.0 Å². The van der Waals surface area contributed by atoms with Gasteiger partial charge in [0.2, 0.25) is 0 Å². The lowest BCUT2D eigenvalue weighted by atomic mass is 10.2. The quantitative estimate of drug-likeness (QED) is 0.675. The fourth-order valence-electron chi connectivity index (χ4n) is 4.18. The molecule has 28 heavy (non-hydrogen) atoms. The van der Waals surface area contributed by atoms with E-state index in [1.807, 2.05) is 24.8 Å². The maximum atomic E-state index is 12.6. The van der Waals surface area contributed by atoms with Crippen molar-refractivity contribution in [3.05, 3.63) is 52.0 Å². The van der Waals surface area contributed by atoms with Crippen LogP contribution in [0.5, 0.6) is 0 Å². The van der Waals surface area contributed by atoms with Gasteiger partial charge in [-0.15, -0.1) is 0 Å². The Morgan fingerprint density at radius 1 is 1.32 bits per heavy atom. The highest BCUT2D eigenvalue weighted by atomic mass is 32.2. The number of aromatic nitrogens is 5. The smallest absolute Gasteiger partial charge is 0.267 e. The first-order chi connectivity index (χ1) is 13.7. The summed E-state index contributed by atoms with van der Waals surface area (Å²) in [7, 11) is 0. The minimum atomic E-state index is 0.000950. The van der Waals surface area contributed by atoms with Gasteiger partial charge < -0.3 is 4.90 Å². The highest BCUT2D eigenvalue weighted by Gasteiger charge is 2.29. The van der Waals surface area contributed by atoms with Crippen molar-refractivity contribution in [1.82, 2.24) is 24.7 Å². The van der Waals surface area contributed by atoms with E-state index in [4.69, 9.17) is 10.1 Å². The summed E-state index contributed by atoms with van der Waals surface area (Å²) < 4.78 is 1.66. The van der Waals surface area contributed by atoms with E-state index >= 15 is 0 Å². The summed E-state index contributed by atoms with van der Waals surface area (Å²) in [6, 6.07) is 3.95. The van der Waals surface area contributed by atoms with Gasteiger partial charge in [-0.2, -0.15) is 16.9 Å². The zero-order valence-electron chi connectivity index (χ0n) is 15.8. The lowest BCUT2D eigenvalue weighted by Crippen LogP contribution is -2.38. The first-order valence-electron chi connectivity index (χ1n) is 9.72. The van der Waals surface area contributed by atoms with E-state index in [1.54, 1.807) is 23.1 Å². The number of aryl methyl sites for hydroxylation is 2. The lowest BCUT2D eigenvalue weighted by molar-refractivity contribution is 0.480. The van der Waals surface area contributed by atoms with Crippen LogP contribution >= 0.6 is 11.8 Å². The van der Waals surface area contributed by atoms with Crippen LogP contribution in [0.15, 0.2) is 29.3 Å². The van der Waals surface area contributed by atoms with Gasteiger partial charge in [0.1, 0.15) is 11.6 Å². The molecule has 5 heterocycles. The molecule has 1 saturated heterocycles. The summed E-state index contributed by atoms with van der Waals surface area (Å²) in [5.74, 6) is 3.65. The number of hydrogen-bond donors (Lipinski definition) is 0.